The molecular weight excluding hydrogens is 336 g/mol. The van der Waals surface area contributed by atoms with Gasteiger partial charge in [-0.2, -0.15) is 0 Å². The summed E-state index contributed by atoms with van der Waals surface area (Å²) in [6.45, 7) is 0. The molecule has 0 aliphatic heterocycles. The normalized spacial score (nSPS) is 10.7. The molecule has 2 heterocycles. The van der Waals surface area contributed by atoms with Gasteiger partial charge in [0.2, 0.25) is 5.95 Å². The zero-order chi connectivity index (χ0) is 17.9. The van der Waals surface area contributed by atoms with Gasteiger partial charge in [-0.05, 0) is 48.5 Å². The molecule has 26 heavy (non-hydrogen) atoms. The highest BCUT2D eigenvalue weighted by atomic mass is 19.1. The highest BCUT2D eigenvalue weighted by molar-refractivity contribution is 5.76. The first-order chi connectivity index (χ1) is 12.7. The summed E-state index contributed by atoms with van der Waals surface area (Å²) in [4.78, 5) is 16.0. The summed E-state index contributed by atoms with van der Waals surface area (Å²) >= 11 is 0. The molecule has 0 atom stereocenters. The number of hydrogen-bond acceptors (Lipinski definition) is 4. The highest BCUT2D eigenvalue weighted by Crippen LogP contribution is 2.28. The number of aromatic nitrogens is 4. The van der Waals surface area contributed by atoms with E-state index in [-0.39, 0.29) is 11.6 Å². The number of rotatable bonds is 4. The van der Waals surface area contributed by atoms with Crippen LogP contribution in [0.2, 0.25) is 0 Å². The van der Waals surface area contributed by atoms with E-state index in [2.05, 4.69) is 25.3 Å². The number of halogens is 2. The van der Waals surface area contributed by atoms with Crippen LogP contribution in [-0.4, -0.2) is 19.9 Å². The number of nitrogens with one attached hydrogen (secondary N) is 2. The molecule has 128 valence electrons. The van der Waals surface area contributed by atoms with Crippen molar-refractivity contribution in [2.45, 2.75) is 0 Å². The van der Waals surface area contributed by atoms with Gasteiger partial charge in [-0.15, -0.1) is 0 Å². The number of aromatic amines is 1. The van der Waals surface area contributed by atoms with Crippen LogP contribution >= 0.6 is 0 Å². The van der Waals surface area contributed by atoms with Crippen LogP contribution in [0, 0.1) is 11.6 Å². The van der Waals surface area contributed by atoms with Crippen LogP contribution in [-0.2, 0) is 0 Å². The van der Waals surface area contributed by atoms with Gasteiger partial charge in [0.15, 0.2) is 0 Å². The first kappa shape index (κ1) is 15.9. The van der Waals surface area contributed by atoms with Gasteiger partial charge in [-0.25, -0.2) is 23.7 Å². The Morgan fingerprint density at radius 1 is 0.885 bits per heavy atom. The average Bonchev–Trinajstić information content (AvgIpc) is 3.12. The van der Waals surface area contributed by atoms with E-state index in [9.17, 15) is 8.78 Å². The van der Waals surface area contributed by atoms with Crippen LogP contribution in [0.4, 0.5) is 20.4 Å². The summed E-state index contributed by atoms with van der Waals surface area (Å²) in [7, 11) is 0. The first-order valence-corrected chi connectivity index (χ1v) is 7.84. The molecule has 0 aliphatic rings. The largest absolute Gasteiger partial charge is 0.343 e. The molecule has 0 saturated carbocycles. The minimum Gasteiger partial charge on any atom is -0.343 e. The number of imidazole rings is 1. The maximum absolute atomic E-state index is 13.3. The molecule has 2 N–H and O–H groups in total. The fourth-order valence-electron chi connectivity index (χ4n) is 2.57. The number of H-pyrrole nitrogens is 1. The summed E-state index contributed by atoms with van der Waals surface area (Å²) in [5.74, 6) is -0.333. The van der Waals surface area contributed by atoms with E-state index in [1.165, 1.54) is 24.3 Å². The molecule has 0 spiro atoms. The van der Waals surface area contributed by atoms with E-state index in [4.69, 9.17) is 0 Å². The number of benzene rings is 2. The van der Waals surface area contributed by atoms with Crippen molar-refractivity contribution in [3.8, 4) is 22.6 Å². The lowest BCUT2D eigenvalue weighted by molar-refractivity contribution is 0.628. The molecule has 0 aliphatic carbocycles. The zero-order valence-corrected chi connectivity index (χ0v) is 13.4. The minimum absolute atomic E-state index is 0.311. The minimum atomic E-state index is -0.349. The Morgan fingerprint density at radius 2 is 1.73 bits per heavy atom. The SMILES string of the molecule is Fc1ccc(-c2nc[nH]c2-c2ccnc(Nc3cccc(F)c3)n2)cc1. The molecule has 0 amide bonds. The lowest BCUT2D eigenvalue weighted by Gasteiger charge is -2.07. The van der Waals surface area contributed by atoms with Crippen LogP contribution in [0.15, 0.2) is 67.1 Å². The second-order valence-electron chi connectivity index (χ2n) is 5.53. The molecule has 0 radical (unpaired) electrons. The molecule has 2 aromatic carbocycles. The molecule has 0 fully saturated rings. The van der Waals surface area contributed by atoms with Gasteiger partial charge in [0.05, 0.1) is 23.4 Å². The molecule has 4 aromatic rings. The summed E-state index contributed by atoms with van der Waals surface area (Å²) in [6.07, 6.45) is 3.15. The fraction of sp³-hybridized carbons (Fsp3) is 0. The zero-order valence-electron chi connectivity index (χ0n) is 13.4. The van der Waals surface area contributed by atoms with Crippen LogP contribution < -0.4 is 5.32 Å². The van der Waals surface area contributed by atoms with E-state index in [0.29, 0.717) is 28.7 Å². The van der Waals surface area contributed by atoms with Gasteiger partial charge < -0.3 is 10.3 Å². The molecular formula is C19H13F2N5. The summed E-state index contributed by atoms with van der Waals surface area (Å²) < 4.78 is 26.5. The van der Waals surface area contributed by atoms with Crippen LogP contribution in [0.1, 0.15) is 0 Å². The standard InChI is InChI=1S/C19H13F2N5/c20-13-6-4-12(5-7-13)17-18(24-11-23-17)16-8-9-22-19(26-16)25-15-3-1-2-14(21)10-15/h1-11H,(H,23,24)(H,22,25,26). The van der Waals surface area contributed by atoms with Crippen molar-refractivity contribution in [2.75, 3.05) is 5.32 Å². The Hall–Kier alpha value is -3.61. The monoisotopic (exact) mass is 349 g/mol. The second kappa shape index (κ2) is 6.72. The molecule has 0 unspecified atom stereocenters. The lowest BCUT2D eigenvalue weighted by atomic mass is 10.1. The summed E-state index contributed by atoms with van der Waals surface area (Å²) in [5, 5.41) is 2.97. The van der Waals surface area contributed by atoms with Crippen molar-refractivity contribution in [1.29, 1.82) is 0 Å². The third kappa shape index (κ3) is 3.27. The quantitative estimate of drug-likeness (QED) is 0.567. The number of anilines is 2. The number of hydrogen-bond donors (Lipinski definition) is 2. The Balaban J connectivity index is 1.67. The average molecular weight is 349 g/mol. The van der Waals surface area contributed by atoms with Crippen LogP contribution in [0.5, 0.6) is 0 Å². The first-order valence-electron chi connectivity index (χ1n) is 7.84. The van der Waals surface area contributed by atoms with E-state index < -0.39 is 0 Å². The van der Waals surface area contributed by atoms with Gasteiger partial charge in [0, 0.05) is 17.4 Å². The van der Waals surface area contributed by atoms with Crippen molar-refractivity contribution in [2.24, 2.45) is 0 Å². The second-order valence-corrected chi connectivity index (χ2v) is 5.53. The number of nitrogens with zero attached hydrogens (tertiary/aromatic N) is 3. The molecule has 0 saturated heterocycles. The van der Waals surface area contributed by atoms with Gasteiger partial charge in [-0.3, -0.25) is 0 Å². The predicted octanol–water partition coefficient (Wildman–Crippen LogP) is 4.56. The van der Waals surface area contributed by atoms with Crippen molar-refractivity contribution in [3.05, 3.63) is 78.8 Å². The third-order valence-electron chi connectivity index (χ3n) is 3.75. The van der Waals surface area contributed by atoms with E-state index in [1.54, 1.807) is 42.9 Å². The third-order valence-corrected chi connectivity index (χ3v) is 3.75. The highest BCUT2D eigenvalue weighted by Gasteiger charge is 2.13. The molecule has 0 bridgehead atoms. The summed E-state index contributed by atoms with van der Waals surface area (Å²) in [5.41, 5.74) is 3.25. The van der Waals surface area contributed by atoms with Crippen molar-refractivity contribution >= 4 is 11.6 Å². The Bertz CT molecular complexity index is 1040. The predicted molar refractivity (Wildman–Crippen MR) is 94.7 cm³/mol. The molecule has 5 nitrogen and oxygen atoms in total. The lowest BCUT2D eigenvalue weighted by Crippen LogP contribution is -1.98. The van der Waals surface area contributed by atoms with Gasteiger partial charge in [-0.1, -0.05) is 6.07 Å². The fourth-order valence-corrected chi connectivity index (χ4v) is 2.57. The van der Waals surface area contributed by atoms with Crippen molar-refractivity contribution in [3.63, 3.8) is 0 Å². The topological polar surface area (TPSA) is 66.5 Å². The van der Waals surface area contributed by atoms with Gasteiger partial charge in [0.1, 0.15) is 11.6 Å². The smallest absolute Gasteiger partial charge is 0.227 e. The Morgan fingerprint density at radius 3 is 2.54 bits per heavy atom. The Labute approximate surface area is 147 Å². The van der Waals surface area contributed by atoms with E-state index in [1.807, 2.05) is 0 Å². The van der Waals surface area contributed by atoms with E-state index >= 15 is 0 Å². The molecule has 4 rings (SSSR count). The van der Waals surface area contributed by atoms with Crippen molar-refractivity contribution < 1.29 is 8.78 Å². The maximum atomic E-state index is 13.3. The maximum Gasteiger partial charge on any atom is 0.227 e. The molecule has 7 heteroatoms. The van der Waals surface area contributed by atoms with Crippen molar-refractivity contribution in [1.82, 2.24) is 19.9 Å². The van der Waals surface area contributed by atoms with Crippen LogP contribution in [0.25, 0.3) is 22.6 Å². The van der Waals surface area contributed by atoms with Gasteiger partial charge >= 0.3 is 0 Å². The van der Waals surface area contributed by atoms with E-state index in [0.717, 1.165) is 5.56 Å². The summed E-state index contributed by atoms with van der Waals surface area (Å²) in [6, 6.07) is 13.8. The van der Waals surface area contributed by atoms with Gasteiger partial charge in [0.25, 0.3) is 0 Å². The van der Waals surface area contributed by atoms with Crippen LogP contribution in [0.3, 0.4) is 0 Å². The Kier molecular flexibility index (Phi) is 4.10. The molecule has 2 aromatic heterocycles.